The zero-order valence-electron chi connectivity index (χ0n) is 12.9. The van der Waals surface area contributed by atoms with Crippen molar-refractivity contribution in [3.05, 3.63) is 42.2 Å². The lowest BCUT2D eigenvalue weighted by Crippen LogP contribution is -2.11. The molecule has 0 fully saturated rings. The van der Waals surface area contributed by atoms with E-state index in [1.54, 1.807) is 0 Å². The van der Waals surface area contributed by atoms with Gasteiger partial charge in [0.05, 0.1) is 5.69 Å². The molecule has 0 amide bonds. The Morgan fingerprint density at radius 2 is 1.90 bits per heavy atom. The van der Waals surface area contributed by atoms with Crippen molar-refractivity contribution < 1.29 is 0 Å². The number of hydrogen-bond acceptors (Lipinski definition) is 2. The third-order valence-corrected chi connectivity index (χ3v) is 3.80. The summed E-state index contributed by atoms with van der Waals surface area (Å²) in [4.78, 5) is 4.61. The molecule has 0 spiro atoms. The van der Waals surface area contributed by atoms with Crippen molar-refractivity contribution in [2.45, 2.75) is 46.6 Å². The molecule has 2 rings (SSSR count). The fraction of sp³-hybridized carbons (Fsp3) is 0.471. The van der Waals surface area contributed by atoms with E-state index in [4.69, 9.17) is 0 Å². The Labute approximate surface area is 122 Å². The van der Waals surface area contributed by atoms with Gasteiger partial charge in [-0.25, -0.2) is 4.98 Å². The van der Waals surface area contributed by atoms with Crippen LogP contribution < -0.4 is 5.32 Å². The molecule has 0 saturated heterocycles. The summed E-state index contributed by atoms with van der Waals surface area (Å²) < 4.78 is 2.26. The predicted octanol–water partition coefficient (Wildman–Crippen LogP) is 4.93. The molecule has 20 heavy (non-hydrogen) atoms. The number of para-hydroxylation sites is 1. The van der Waals surface area contributed by atoms with Gasteiger partial charge in [0.1, 0.15) is 0 Å². The molecule has 3 nitrogen and oxygen atoms in total. The SMILES string of the molecule is CCC(C)CC(C)n1cc(C)nc1Nc1ccccc1. The molecular formula is C17H25N3. The molecule has 0 bridgehead atoms. The highest BCUT2D eigenvalue weighted by atomic mass is 15.2. The van der Waals surface area contributed by atoms with Gasteiger partial charge < -0.3 is 9.88 Å². The first-order valence-electron chi connectivity index (χ1n) is 7.47. The minimum absolute atomic E-state index is 0.456. The van der Waals surface area contributed by atoms with Crippen LogP contribution in [0.3, 0.4) is 0 Å². The molecule has 1 N–H and O–H groups in total. The first-order valence-corrected chi connectivity index (χ1v) is 7.47. The van der Waals surface area contributed by atoms with E-state index in [9.17, 15) is 0 Å². The van der Waals surface area contributed by atoms with Gasteiger partial charge >= 0.3 is 0 Å². The summed E-state index contributed by atoms with van der Waals surface area (Å²) in [6.07, 6.45) is 4.54. The third kappa shape index (κ3) is 3.62. The van der Waals surface area contributed by atoms with E-state index < -0.39 is 0 Å². The van der Waals surface area contributed by atoms with E-state index in [1.807, 2.05) is 25.1 Å². The summed E-state index contributed by atoms with van der Waals surface area (Å²) in [7, 11) is 0. The van der Waals surface area contributed by atoms with Crippen LogP contribution in [0, 0.1) is 12.8 Å². The zero-order chi connectivity index (χ0) is 14.5. The Balaban J connectivity index is 2.17. The average Bonchev–Trinajstić information content (AvgIpc) is 2.80. The van der Waals surface area contributed by atoms with Crippen molar-refractivity contribution >= 4 is 11.6 Å². The normalized spacial score (nSPS) is 14.0. The van der Waals surface area contributed by atoms with Gasteiger partial charge in [-0.1, -0.05) is 38.5 Å². The highest BCUT2D eigenvalue weighted by molar-refractivity contribution is 5.53. The maximum Gasteiger partial charge on any atom is 0.207 e. The molecule has 1 aromatic heterocycles. The number of aromatic nitrogens is 2. The molecule has 2 aromatic rings. The van der Waals surface area contributed by atoms with Crippen LogP contribution in [0.1, 0.15) is 45.3 Å². The highest BCUT2D eigenvalue weighted by Gasteiger charge is 2.14. The molecule has 1 aromatic carbocycles. The molecule has 1 heterocycles. The maximum absolute atomic E-state index is 4.61. The number of aryl methyl sites for hydroxylation is 1. The van der Waals surface area contributed by atoms with Gasteiger partial charge in [0, 0.05) is 17.9 Å². The van der Waals surface area contributed by atoms with E-state index >= 15 is 0 Å². The molecule has 0 aliphatic carbocycles. The van der Waals surface area contributed by atoms with Gasteiger partial charge in [0.2, 0.25) is 5.95 Å². The Morgan fingerprint density at radius 3 is 2.55 bits per heavy atom. The number of anilines is 2. The number of nitrogens with one attached hydrogen (secondary N) is 1. The molecule has 2 unspecified atom stereocenters. The second kappa shape index (κ2) is 6.60. The molecule has 0 saturated carbocycles. The summed E-state index contributed by atoms with van der Waals surface area (Å²) in [6, 6.07) is 10.7. The van der Waals surface area contributed by atoms with E-state index in [0.29, 0.717) is 6.04 Å². The fourth-order valence-electron chi connectivity index (χ4n) is 2.46. The van der Waals surface area contributed by atoms with Crippen molar-refractivity contribution in [1.29, 1.82) is 0 Å². The second-order valence-corrected chi connectivity index (χ2v) is 5.70. The van der Waals surface area contributed by atoms with Crippen LogP contribution in [0.4, 0.5) is 11.6 Å². The van der Waals surface area contributed by atoms with Crippen LogP contribution in [0.2, 0.25) is 0 Å². The van der Waals surface area contributed by atoms with Crippen LogP contribution in [0.5, 0.6) is 0 Å². The summed E-state index contributed by atoms with van der Waals surface area (Å²) in [6.45, 7) is 8.87. The minimum Gasteiger partial charge on any atom is -0.326 e. The Bertz CT molecular complexity index is 530. The summed E-state index contributed by atoms with van der Waals surface area (Å²) in [5, 5.41) is 3.42. The van der Waals surface area contributed by atoms with Crippen LogP contribution in [0.15, 0.2) is 36.5 Å². The van der Waals surface area contributed by atoms with Crippen LogP contribution >= 0.6 is 0 Å². The van der Waals surface area contributed by atoms with Gasteiger partial charge in [0.15, 0.2) is 0 Å². The van der Waals surface area contributed by atoms with E-state index in [2.05, 4.69) is 54.0 Å². The first kappa shape index (κ1) is 14.6. The molecule has 0 aliphatic rings. The Morgan fingerprint density at radius 1 is 1.20 bits per heavy atom. The smallest absolute Gasteiger partial charge is 0.207 e. The summed E-state index contributed by atoms with van der Waals surface area (Å²) in [5.74, 6) is 1.67. The summed E-state index contributed by atoms with van der Waals surface area (Å²) >= 11 is 0. The minimum atomic E-state index is 0.456. The quantitative estimate of drug-likeness (QED) is 0.807. The number of imidazole rings is 1. The fourth-order valence-corrected chi connectivity index (χ4v) is 2.46. The number of rotatable bonds is 6. The monoisotopic (exact) mass is 271 g/mol. The van der Waals surface area contributed by atoms with Gasteiger partial charge in [0.25, 0.3) is 0 Å². The Hall–Kier alpha value is -1.77. The first-order chi connectivity index (χ1) is 9.60. The van der Waals surface area contributed by atoms with Gasteiger partial charge in [-0.05, 0) is 38.3 Å². The molecule has 2 atom stereocenters. The van der Waals surface area contributed by atoms with Crippen LogP contribution in [0.25, 0.3) is 0 Å². The molecule has 0 aliphatic heterocycles. The lowest BCUT2D eigenvalue weighted by Gasteiger charge is -2.20. The average molecular weight is 271 g/mol. The second-order valence-electron chi connectivity index (χ2n) is 5.70. The van der Waals surface area contributed by atoms with Crippen molar-refractivity contribution in [2.75, 3.05) is 5.32 Å². The summed E-state index contributed by atoms with van der Waals surface area (Å²) in [5.41, 5.74) is 2.13. The van der Waals surface area contributed by atoms with Gasteiger partial charge in [-0.15, -0.1) is 0 Å². The van der Waals surface area contributed by atoms with Crippen LogP contribution in [-0.4, -0.2) is 9.55 Å². The van der Waals surface area contributed by atoms with E-state index in [-0.39, 0.29) is 0 Å². The van der Waals surface area contributed by atoms with Crippen molar-refractivity contribution in [1.82, 2.24) is 9.55 Å². The predicted molar refractivity (Wildman–Crippen MR) is 85.5 cm³/mol. The van der Waals surface area contributed by atoms with Gasteiger partial charge in [-0.3, -0.25) is 0 Å². The van der Waals surface area contributed by atoms with E-state index in [1.165, 1.54) is 12.8 Å². The lowest BCUT2D eigenvalue weighted by atomic mass is 10.0. The molecular weight excluding hydrogens is 246 g/mol. The maximum atomic E-state index is 4.61. The largest absolute Gasteiger partial charge is 0.326 e. The van der Waals surface area contributed by atoms with E-state index in [0.717, 1.165) is 23.2 Å². The standard InChI is InChI=1S/C17H25N3/c1-5-13(2)11-15(4)20-12-14(3)18-17(20)19-16-9-7-6-8-10-16/h6-10,12-13,15H,5,11H2,1-4H3,(H,18,19). The number of nitrogens with zero attached hydrogens (tertiary/aromatic N) is 2. The topological polar surface area (TPSA) is 29.9 Å². The van der Waals surface area contributed by atoms with Gasteiger partial charge in [-0.2, -0.15) is 0 Å². The molecule has 0 radical (unpaired) electrons. The van der Waals surface area contributed by atoms with Crippen molar-refractivity contribution in [2.24, 2.45) is 5.92 Å². The zero-order valence-corrected chi connectivity index (χ0v) is 12.9. The van der Waals surface area contributed by atoms with Crippen LogP contribution in [-0.2, 0) is 0 Å². The van der Waals surface area contributed by atoms with Crippen molar-refractivity contribution in [3.63, 3.8) is 0 Å². The lowest BCUT2D eigenvalue weighted by molar-refractivity contribution is 0.401. The number of benzene rings is 1. The molecule has 108 valence electrons. The highest BCUT2D eigenvalue weighted by Crippen LogP contribution is 2.25. The van der Waals surface area contributed by atoms with Crippen molar-refractivity contribution in [3.8, 4) is 0 Å². The molecule has 3 heteroatoms. The third-order valence-electron chi connectivity index (χ3n) is 3.80. The number of hydrogen-bond donors (Lipinski definition) is 1. The Kier molecular flexibility index (Phi) is 4.83.